The van der Waals surface area contributed by atoms with Crippen molar-refractivity contribution in [1.82, 2.24) is 4.98 Å². The van der Waals surface area contributed by atoms with Gasteiger partial charge in [0.15, 0.2) is 0 Å². The molecule has 0 spiro atoms. The minimum atomic E-state index is -0.306. The van der Waals surface area contributed by atoms with Crippen LogP contribution in [0.2, 0.25) is 0 Å². The maximum absolute atomic E-state index is 11.2. The van der Waals surface area contributed by atoms with E-state index in [0.717, 1.165) is 23.5 Å². The lowest BCUT2D eigenvalue weighted by atomic mass is 10.3. The first-order valence-electron chi connectivity index (χ1n) is 4.43. The highest BCUT2D eigenvalue weighted by molar-refractivity contribution is 7.13. The molecule has 0 fully saturated rings. The molecule has 0 bridgehead atoms. The monoisotopic (exact) mass is 214 g/mol. The first kappa shape index (κ1) is 11.1. The summed E-state index contributed by atoms with van der Waals surface area (Å²) < 4.78 is 4.64. The van der Waals surface area contributed by atoms with E-state index in [0.29, 0.717) is 11.4 Å². The van der Waals surface area contributed by atoms with Crippen LogP contribution in [0.25, 0.3) is 0 Å². The molecule has 14 heavy (non-hydrogen) atoms. The molecule has 0 aliphatic rings. The molecule has 5 heteroatoms. The second-order valence-corrected chi connectivity index (χ2v) is 3.99. The van der Waals surface area contributed by atoms with Crippen molar-refractivity contribution in [3.8, 4) is 0 Å². The largest absolute Gasteiger partial charge is 0.465 e. The molecule has 4 nitrogen and oxygen atoms in total. The van der Waals surface area contributed by atoms with E-state index in [1.54, 1.807) is 0 Å². The van der Waals surface area contributed by atoms with E-state index in [9.17, 15) is 4.79 Å². The Morgan fingerprint density at radius 2 is 2.36 bits per heavy atom. The number of aryl methyl sites for hydroxylation is 2. The number of nitrogens with zero attached hydrogens (tertiary/aromatic N) is 1. The maximum atomic E-state index is 11.2. The predicted octanol–water partition coefficient (Wildman–Crippen LogP) is 1.13. The summed E-state index contributed by atoms with van der Waals surface area (Å²) in [5.74, 6) is -0.306. The van der Waals surface area contributed by atoms with Crippen LogP contribution in [0.1, 0.15) is 26.8 Å². The first-order chi connectivity index (χ1) is 6.69. The lowest BCUT2D eigenvalue weighted by Crippen LogP contribution is -1.99. The van der Waals surface area contributed by atoms with Gasteiger partial charge in [0.25, 0.3) is 0 Å². The zero-order valence-electron chi connectivity index (χ0n) is 8.37. The van der Waals surface area contributed by atoms with E-state index < -0.39 is 0 Å². The number of hydrogen-bond acceptors (Lipinski definition) is 5. The first-order valence-corrected chi connectivity index (χ1v) is 5.25. The number of esters is 1. The average molecular weight is 214 g/mol. The summed E-state index contributed by atoms with van der Waals surface area (Å²) in [5.41, 5.74) is 6.14. The molecular formula is C9H14N2O2S. The molecule has 0 saturated heterocycles. The van der Waals surface area contributed by atoms with Gasteiger partial charge < -0.3 is 10.5 Å². The van der Waals surface area contributed by atoms with E-state index in [1.165, 1.54) is 18.4 Å². The quantitative estimate of drug-likeness (QED) is 0.763. The van der Waals surface area contributed by atoms with Gasteiger partial charge in [-0.1, -0.05) is 0 Å². The number of nitrogens with two attached hydrogens (primary N) is 1. The summed E-state index contributed by atoms with van der Waals surface area (Å²) in [6.07, 6.45) is 1.73. The SMILES string of the molecule is COC(=O)c1sc(CCCN)nc1C. The van der Waals surface area contributed by atoms with E-state index in [1.807, 2.05) is 6.92 Å². The van der Waals surface area contributed by atoms with Crippen LogP contribution in [0, 0.1) is 6.92 Å². The van der Waals surface area contributed by atoms with Crippen molar-refractivity contribution in [2.24, 2.45) is 5.73 Å². The normalized spacial score (nSPS) is 10.2. The van der Waals surface area contributed by atoms with Gasteiger partial charge in [-0.05, 0) is 19.9 Å². The van der Waals surface area contributed by atoms with E-state index in [4.69, 9.17) is 5.73 Å². The van der Waals surface area contributed by atoms with Crippen molar-refractivity contribution in [2.45, 2.75) is 19.8 Å². The van der Waals surface area contributed by atoms with E-state index >= 15 is 0 Å². The fraction of sp³-hybridized carbons (Fsp3) is 0.556. The molecule has 0 aliphatic carbocycles. The molecule has 0 radical (unpaired) electrons. The molecule has 0 aliphatic heterocycles. The third-order valence-electron chi connectivity index (χ3n) is 1.81. The van der Waals surface area contributed by atoms with Gasteiger partial charge in [0.1, 0.15) is 4.88 Å². The zero-order valence-corrected chi connectivity index (χ0v) is 9.19. The Morgan fingerprint density at radius 3 is 2.93 bits per heavy atom. The van der Waals surface area contributed by atoms with Crippen molar-refractivity contribution in [3.63, 3.8) is 0 Å². The number of hydrogen-bond donors (Lipinski definition) is 1. The van der Waals surface area contributed by atoms with Gasteiger partial charge in [-0.2, -0.15) is 0 Å². The Kier molecular flexibility index (Phi) is 4.03. The Balaban J connectivity index is 2.77. The second-order valence-electron chi connectivity index (χ2n) is 2.91. The minimum Gasteiger partial charge on any atom is -0.465 e. The molecule has 0 saturated carbocycles. The molecule has 2 N–H and O–H groups in total. The summed E-state index contributed by atoms with van der Waals surface area (Å²) in [4.78, 5) is 16.1. The number of thiazole rings is 1. The van der Waals surface area contributed by atoms with Crippen molar-refractivity contribution in [1.29, 1.82) is 0 Å². The minimum absolute atomic E-state index is 0.306. The van der Waals surface area contributed by atoms with Gasteiger partial charge in [-0.25, -0.2) is 9.78 Å². The third kappa shape index (κ3) is 2.52. The van der Waals surface area contributed by atoms with E-state index in [2.05, 4.69) is 9.72 Å². The molecule has 78 valence electrons. The molecule has 0 unspecified atom stereocenters. The number of aromatic nitrogens is 1. The molecule has 1 heterocycles. The van der Waals surface area contributed by atoms with Crippen molar-refractivity contribution in [2.75, 3.05) is 13.7 Å². The lowest BCUT2D eigenvalue weighted by molar-refractivity contribution is 0.0605. The lowest BCUT2D eigenvalue weighted by Gasteiger charge is -1.93. The molecule has 0 amide bonds. The molecule has 1 aromatic heterocycles. The summed E-state index contributed by atoms with van der Waals surface area (Å²) in [6.45, 7) is 2.46. The van der Waals surface area contributed by atoms with Crippen LogP contribution >= 0.6 is 11.3 Å². The molecule has 1 rings (SSSR count). The zero-order chi connectivity index (χ0) is 10.6. The molecular weight excluding hydrogens is 200 g/mol. The molecule has 0 aromatic carbocycles. The Morgan fingerprint density at radius 1 is 1.64 bits per heavy atom. The Hall–Kier alpha value is -0.940. The number of ether oxygens (including phenoxy) is 1. The summed E-state index contributed by atoms with van der Waals surface area (Å²) in [5, 5.41) is 0.952. The number of rotatable bonds is 4. The van der Waals surface area contributed by atoms with Gasteiger partial charge in [0.05, 0.1) is 17.8 Å². The summed E-state index contributed by atoms with van der Waals surface area (Å²) in [7, 11) is 1.38. The van der Waals surface area contributed by atoms with Crippen LogP contribution in [-0.4, -0.2) is 24.6 Å². The van der Waals surface area contributed by atoms with Crippen molar-refractivity contribution in [3.05, 3.63) is 15.6 Å². The van der Waals surface area contributed by atoms with Gasteiger partial charge in [0.2, 0.25) is 0 Å². The van der Waals surface area contributed by atoms with Crippen LogP contribution < -0.4 is 5.73 Å². The van der Waals surface area contributed by atoms with Crippen LogP contribution in [-0.2, 0) is 11.2 Å². The van der Waals surface area contributed by atoms with Gasteiger partial charge in [-0.3, -0.25) is 0 Å². The van der Waals surface area contributed by atoms with Crippen LogP contribution in [0.3, 0.4) is 0 Å². The average Bonchev–Trinajstić information content (AvgIpc) is 2.55. The second kappa shape index (κ2) is 5.07. The van der Waals surface area contributed by atoms with Gasteiger partial charge in [-0.15, -0.1) is 11.3 Å². The van der Waals surface area contributed by atoms with Crippen LogP contribution in [0.15, 0.2) is 0 Å². The van der Waals surface area contributed by atoms with Crippen molar-refractivity contribution < 1.29 is 9.53 Å². The van der Waals surface area contributed by atoms with Crippen LogP contribution in [0.5, 0.6) is 0 Å². The van der Waals surface area contributed by atoms with Crippen LogP contribution in [0.4, 0.5) is 0 Å². The number of carbonyl (C=O) groups is 1. The highest BCUT2D eigenvalue weighted by Gasteiger charge is 2.14. The summed E-state index contributed by atoms with van der Waals surface area (Å²) in [6, 6.07) is 0. The topological polar surface area (TPSA) is 65.2 Å². The molecule has 1 aromatic rings. The van der Waals surface area contributed by atoms with Crippen molar-refractivity contribution >= 4 is 17.3 Å². The maximum Gasteiger partial charge on any atom is 0.349 e. The fourth-order valence-corrected chi connectivity index (χ4v) is 2.12. The molecule has 0 atom stereocenters. The predicted molar refractivity (Wildman–Crippen MR) is 55.6 cm³/mol. The Bertz CT molecular complexity index is 323. The highest BCUT2D eigenvalue weighted by atomic mass is 32.1. The number of methoxy groups -OCH3 is 1. The highest BCUT2D eigenvalue weighted by Crippen LogP contribution is 2.19. The fourth-order valence-electron chi connectivity index (χ4n) is 1.09. The van der Waals surface area contributed by atoms with Gasteiger partial charge >= 0.3 is 5.97 Å². The van der Waals surface area contributed by atoms with E-state index in [-0.39, 0.29) is 5.97 Å². The smallest absolute Gasteiger partial charge is 0.349 e. The van der Waals surface area contributed by atoms with Gasteiger partial charge in [0, 0.05) is 6.42 Å². The standard InChI is InChI=1S/C9H14N2O2S/c1-6-8(9(12)13-2)14-7(11-6)4-3-5-10/h3-5,10H2,1-2H3. The third-order valence-corrected chi connectivity index (χ3v) is 3.00. The number of carbonyl (C=O) groups excluding carboxylic acids is 1. The Labute approximate surface area is 87.1 Å². The summed E-state index contributed by atoms with van der Waals surface area (Å²) >= 11 is 1.39.